The zero-order chi connectivity index (χ0) is 14.3. The molecule has 0 spiro atoms. The van der Waals surface area contributed by atoms with Crippen molar-refractivity contribution in [2.24, 2.45) is 0 Å². The van der Waals surface area contributed by atoms with Gasteiger partial charge in [-0.1, -0.05) is 61.9 Å². The maximum Gasteiger partial charge on any atom is 0.228 e. The predicted molar refractivity (Wildman–Crippen MR) is 78.7 cm³/mol. The highest BCUT2D eigenvalue weighted by molar-refractivity contribution is 5.64. The quantitative estimate of drug-likeness (QED) is 0.601. The zero-order valence-electron chi connectivity index (χ0n) is 11.6. The van der Waals surface area contributed by atoms with Gasteiger partial charge in [-0.05, 0) is 24.1 Å². The van der Waals surface area contributed by atoms with E-state index in [1.165, 1.54) is 5.56 Å². The van der Waals surface area contributed by atoms with Gasteiger partial charge in [0.1, 0.15) is 0 Å². The second-order valence-corrected chi connectivity index (χ2v) is 4.06. The van der Waals surface area contributed by atoms with Crippen molar-refractivity contribution in [3.8, 4) is 11.1 Å². The first-order chi connectivity index (χ1) is 9.15. The number of hydrogen-bond donors (Lipinski definition) is 0. The third kappa shape index (κ3) is 4.54. The van der Waals surface area contributed by atoms with Crippen molar-refractivity contribution < 1.29 is 4.92 Å². The van der Waals surface area contributed by atoms with E-state index in [0.29, 0.717) is 0 Å². The number of nitro groups is 1. The Morgan fingerprint density at radius 2 is 1.63 bits per heavy atom. The van der Waals surface area contributed by atoms with Gasteiger partial charge in [0.25, 0.3) is 0 Å². The van der Waals surface area contributed by atoms with Gasteiger partial charge in [0.15, 0.2) is 0 Å². The molecule has 2 rings (SSSR count). The fraction of sp³-hybridized carbons (Fsp3) is 0.250. The number of hydrogen-bond acceptors (Lipinski definition) is 2. The molecule has 0 heterocycles. The third-order valence-corrected chi connectivity index (χ3v) is 2.62. The van der Waals surface area contributed by atoms with Crippen LogP contribution in [0.1, 0.15) is 25.0 Å². The first-order valence-corrected chi connectivity index (χ1v) is 6.43. The van der Waals surface area contributed by atoms with E-state index in [4.69, 9.17) is 0 Å². The Morgan fingerprint density at radius 1 is 1.00 bits per heavy atom. The summed E-state index contributed by atoms with van der Waals surface area (Å²) in [5, 5.41) is 10.5. The number of aryl methyl sites for hydroxylation is 1. The largest absolute Gasteiger partial charge is 0.264 e. The van der Waals surface area contributed by atoms with Gasteiger partial charge < -0.3 is 0 Å². The molecule has 2 aromatic carbocycles. The predicted octanol–water partition coefficient (Wildman–Crippen LogP) is 4.46. The molecule has 0 aromatic heterocycles. The van der Waals surface area contributed by atoms with Crippen LogP contribution < -0.4 is 0 Å². The Balaban J connectivity index is 0.000000861. The smallest absolute Gasteiger partial charge is 0.228 e. The van der Waals surface area contributed by atoms with E-state index in [0.717, 1.165) is 16.7 Å². The Hall–Kier alpha value is -2.16. The molecule has 0 unspecified atom stereocenters. The van der Waals surface area contributed by atoms with Gasteiger partial charge in [-0.15, -0.1) is 0 Å². The number of rotatable bonds is 3. The van der Waals surface area contributed by atoms with E-state index in [1.54, 1.807) is 6.07 Å². The van der Waals surface area contributed by atoms with Crippen molar-refractivity contribution in [3.63, 3.8) is 0 Å². The van der Waals surface area contributed by atoms with Gasteiger partial charge in [-0.25, -0.2) is 0 Å². The molecule has 100 valence electrons. The van der Waals surface area contributed by atoms with Crippen molar-refractivity contribution in [1.82, 2.24) is 0 Å². The van der Waals surface area contributed by atoms with Crippen LogP contribution in [-0.4, -0.2) is 4.92 Å². The molecule has 0 saturated carbocycles. The van der Waals surface area contributed by atoms with Crippen LogP contribution in [0.2, 0.25) is 0 Å². The summed E-state index contributed by atoms with van der Waals surface area (Å²) in [5.41, 5.74) is 4.04. The molecule has 3 heteroatoms. The van der Waals surface area contributed by atoms with Crippen LogP contribution in [0.4, 0.5) is 0 Å². The Kier molecular flexibility index (Phi) is 5.73. The second-order valence-electron chi connectivity index (χ2n) is 4.06. The maximum absolute atomic E-state index is 10.5. The van der Waals surface area contributed by atoms with Crippen molar-refractivity contribution in [3.05, 3.63) is 69.8 Å². The fourth-order valence-electron chi connectivity index (χ4n) is 1.74. The second kappa shape index (κ2) is 7.31. The lowest BCUT2D eigenvalue weighted by molar-refractivity contribution is -0.496. The van der Waals surface area contributed by atoms with Crippen LogP contribution >= 0.6 is 0 Å². The van der Waals surface area contributed by atoms with Crippen molar-refractivity contribution in [1.29, 1.82) is 0 Å². The molecule has 0 aliphatic carbocycles. The monoisotopic (exact) mass is 257 g/mol. The molecule has 0 aliphatic rings. The fourth-order valence-corrected chi connectivity index (χ4v) is 1.74. The molecule has 0 atom stereocenters. The molecule has 19 heavy (non-hydrogen) atoms. The zero-order valence-corrected chi connectivity index (χ0v) is 11.6. The molecular weight excluding hydrogens is 238 g/mol. The molecule has 0 radical (unpaired) electrons. The SMILES string of the molecule is CC.Cc1ccc(-c2cccc(C[N+](=O)[O-])c2)cc1. The molecule has 0 saturated heterocycles. The van der Waals surface area contributed by atoms with Gasteiger partial charge in [-0.2, -0.15) is 0 Å². The summed E-state index contributed by atoms with van der Waals surface area (Å²) < 4.78 is 0. The maximum atomic E-state index is 10.5. The van der Waals surface area contributed by atoms with Crippen molar-refractivity contribution in [2.45, 2.75) is 27.3 Å². The summed E-state index contributed by atoms with van der Waals surface area (Å²) in [5.74, 6) is 0. The Labute approximate surface area is 114 Å². The average molecular weight is 257 g/mol. The minimum Gasteiger partial charge on any atom is -0.264 e. The van der Waals surface area contributed by atoms with Crippen molar-refractivity contribution >= 4 is 0 Å². The van der Waals surface area contributed by atoms with Crippen LogP contribution in [0.5, 0.6) is 0 Å². The minimum atomic E-state index is -0.311. The summed E-state index contributed by atoms with van der Waals surface area (Å²) >= 11 is 0. The van der Waals surface area contributed by atoms with E-state index in [9.17, 15) is 10.1 Å². The molecular formula is C16H19NO2. The molecule has 0 amide bonds. The molecule has 0 N–H and O–H groups in total. The summed E-state index contributed by atoms with van der Waals surface area (Å²) in [6.07, 6.45) is 0. The standard InChI is InChI=1S/C14H13NO2.C2H6/c1-11-5-7-13(8-6-11)14-4-2-3-12(9-14)10-15(16)17;1-2/h2-9H,10H2,1H3;1-2H3. The summed E-state index contributed by atoms with van der Waals surface area (Å²) in [7, 11) is 0. The van der Waals surface area contributed by atoms with Crippen LogP contribution in [-0.2, 0) is 6.54 Å². The van der Waals surface area contributed by atoms with E-state index in [2.05, 4.69) is 0 Å². The third-order valence-electron chi connectivity index (χ3n) is 2.62. The van der Waals surface area contributed by atoms with E-state index in [-0.39, 0.29) is 11.5 Å². The highest BCUT2D eigenvalue weighted by Crippen LogP contribution is 2.21. The lowest BCUT2D eigenvalue weighted by Crippen LogP contribution is -1.97. The lowest BCUT2D eigenvalue weighted by Gasteiger charge is -2.03. The van der Waals surface area contributed by atoms with Crippen LogP contribution in [0.25, 0.3) is 11.1 Å². The van der Waals surface area contributed by atoms with Crippen LogP contribution in [0, 0.1) is 17.0 Å². The summed E-state index contributed by atoms with van der Waals surface area (Å²) in [6, 6.07) is 15.6. The number of nitrogens with zero attached hydrogens (tertiary/aromatic N) is 1. The Bertz CT molecular complexity index is 533. The highest BCUT2D eigenvalue weighted by Gasteiger charge is 2.03. The molecule has 2 aromatic rings. The number of benzene rings is 2. The van der Waals surface area contributed by atoms with Crippen LogP contribution in [0.3, 0.4) is 0 Å². The molecule has 3 nitrogen and oxygen atoms in total. The van der Waals surface area contributed by atoms with Crippen LogP contribution in [0.15, 0.2) is 48.5 Å². The molecule has 0 aliphatic heterocycles. The highest BCUT2D eigenvalue weighted by atomic mass is 16.6. The van der Waals surface area contributed by atoms with Gasteiger partial charge >= 0.3 is 0 Å². The first-order valence-electron chi connectivity index (χ1n) is 6.43. The van der Waals surface area contributed by atoms with Gasteiger partial charge in [0.05, 0.1) is 0 Å². The van der Waals surface area contributed by atoms with Gasteiger partial charge in [0.2, 0.25) is 6.54 Å². The molecule has 0 bridgehead atoms. The normalized spacial score (nSPS) is 9.42. The van der Waals surface area contributed by atoms with E-state index < -0.39 is 0 Å². The van der Waals surface area contributed by atoms with Crippen molar-refractivity contribution in [2.75, 3.05) is 0 Å². The average Bonchev–Trinajstić information content (AvgIpc) is 2.41. The first kappa shape index (κ1) is 14.9. The van der Waals surface area contributed by atoms with E-state index >= 15 is 0 Å². The van der Waals surface area contributed by atoms with E-state index in [1.807, 2.05) is 63.2 Å². The van der Waals surface area contributed by atoms with Gasteiger partial charge in [-0.3, -0.25) is 10.1 Å². The lowest BCUT2D eigenvalue weighted by atomic mass is 10.0. The van der Waals surface area contributed by atoms with Gasteiger partial charge in [0, 0.05) is 10.5 Å². The summed E-state index contributed by atoms with van der Waals surface area (Å²) in [6.45, 7) is 5.91. The summed E-state index contributed by atoms with van der Waals surface area (Å²) in [4.78, 5) is 10.2. The molecule has 0 fully saturated rings. The Morgan fingerprint density at radius 3 is 2.21 bits per heavy atom. The minimum absolute atomic E-state index is 0.125. The topological polar surface area (TPSA) is 43.1 Å².